The number of aryl methyl sites for hydroxylation is 1. The molecule has 1 heteroatoms. The number of para-hydroxylation sites is 1. The summed E-state index contributed by atoms with van der Waals surface area (Å²) in [5.41, 5.74) is 2.87. The number of nitrogens with zero attached hydrogens (tertiary/aromatic N) is 1. The van der Waals surface area contributed by atoms with Gasteiger partial charge in [0.1, 0.15) is 0 Å². The molecule has 0 aromatic heterocycles. The number of unbranched alkanes of at least 4 members (excludes halogenated alkanes) is 7. The van der Waals surface area contributed by atoms with Crippen molar-refractivity contribution in [3.63, 3.8) is 0 Å². The molecule has 1 rings (SSSR count). The van der Waals surface area contributed by atoms with Gasteiger partial charge in [0.15, 0.2) is 0 Å². The van der Waals surface area contributed by atoms with Crippen molar-refractivity contribution < 1.29 is 0 Å². The first-order valence-corrected chi connectivity index (χ1v) is 9.10. The zero-order chi connectivity index (χ0) is 15.3. The lowest BCUT2D eigenvalue weighted by molar-refractivity contribution is 0.596. The second-order valence-corrected chi connectivity index (χ2v) is 6.25. The Morgan fingerprint density at radius 1 is 0.714 bits per heavy atom. The second-order valence-electron chi connectivity index (χ2n) is 6.25. The largest absolute Gasteiger partial charge is 0.371 e. The molecule has 0 saturated carbocycles. The molecule has 0 N–H and O–H groups in total. The molecule has 0 heterocycles. The van der Waals surface area contributed by atoms with E-state index in [4.69, 9.17) is 0 Å². The normalized spacial score (nSPS) is 10.8. The minimum Gasteiger partial charge on any atom is -0.371 e. The molecular weight excluding hydrogens is 254 g/mol. The monoisotopic (exact) mass is 289 g/mol. The van der Waals surface area contributed by atoms with Gasteiger partial charge < -0.3 is 4.90 Å². The van der Waals surface area contributed by atoms with Crippen LogP contribution in [0.2, 0.25) is 0 Å². The van der Waals surface area contributed by atoms with E-state index in [2.05, 4.69) is 49.9 Å². The van der Waals surface area contributed by atoms with Gasteiger partial charge in [-0.25, -0.2) is 0 Å². The maximum atomic E-state index is 2.62. The quantitative estimate of drug-likeness (QED) is 0.405. The fourth-order valence-corrected chi connectivity index (χ4v) is 2.91. The summed E-state index contributed by atoms with van der Waals surface area (Å²) in [7, 11) is 0. The molecule has 0 fully saturated rings. The van der Waals surface area contributed by atoms with E-state index in [-0.39, 0.29) is 0 Å². The fraction of sp³-hybridized carbons (Fsp3) is 0.700. The van der Waals surface area contributed by atoms with E-state index < -0.39 is 0 Å². The Kier molecular flexibility index (Phi) is 10.0. The van der Waals surface area contributed by atoms with E-state index in [1.165, 1.54) is 82.1 Å². The van der Waals surface area contributed by atoms with Crippen molar-refractivity contribution in [2.45, 2.75) is 78.6 Å². The smallest absolute Gasteiger partial charge is 0.0395 e. The Labute approximate surface area is 132 Å². The SMILES string of the molecule is CCCCCCCN(CCCCCC)c1ccccc1C. The van der Waals surface area contributed by atoms with Crippen molar-refractivity contribution in [1.29, 1.82) is 0 Å². The van der Waals surface area contributed by atoms with Crippen LogP contribution in [-0.4, -0.2) is 13.1 Å². The Morgan fingerprint density at radius 3 is 1.81 bits per heavy atom. The first-order chi connectivity index (χ1) is 10.3. The molecule has 0 saturated heterocycles. The highest BCUT2D eigenvalue weighted by atomic mass is 15.1. The Bertz CT molecular complexity index is 359. The van der Waals surface area contributed by atoms with Crippen LogP contribution in [0.5, 0.6) is 0 Å². The van der Waals surface area contributed by atoms with Gasteiger partial charge in [-0.1, -0.05) is 77.0 Å². The van der Waals surface area contributed by atoms with Gasteiger partial charge in [-0.2, -0.15) is 0 Å². The van der Waals surface area contributed by atoms with Gasteiger partial charge in [0.25, 0.3) is 0 Å². The summed E-state index contributed by atoms with van der Waals surface area (Å²) in [6.07, 6.45) is 12.2. The Morgan fingerprint density at radius 2 is 1.24 bits per heavy atom. The summed E-state index contributed by atoms with van der Waals surface area (Å²) in [4.78, 5) is 2.62. The number of benzene rings is 1. The van der Waals surface area contributed by atoms with E-state index in [1.807, 2.05) is 0 Å². The van der Waals surface area contributed by atoms with Crippen LogP contribution in [-0.2, 0) is 0 Å². The molecule has 1 aromatic rings. The summed E-state index contributed by atoms with van der Waals surface area (Å²) < 4.78 is 0. The fourth-order valence-electron chi connectivity index (χ4n) is 2.91. The number of anilines is 1. The molecule has 1 aromatic carbocycles. The minimum atomic E-state index is 1.22. The summed E-state index contributed by atoms with van der Waals surface area (Å²) in [5.74, 6) is 0. The number of hydrogen-bond donors (Lipinski definition) is 0. The van der Waals surface area contributed by atoms with E-state index in [0.717, 1.165) is 0 Å². The molecule has 0 aliphatic heterocycles. The lowest BCUT2D eigenvalue weighted by Crippen LogP contribution is -2.26. The second kappa shape index (κ2) is 11.7. The first-order valence-electron chi connectivity index (χ1n) is 9.10. The Balaban J connectivity index is 2.47. The third kappa shape index (κ3) is 7.55. The topological polar surface area (TPSA) is 3.24 Å². The van der Waals surface area contributed by atoms with Crippen molar-refractivity contribution in [1.82, 2.24) is 0 Å². The molecule has 0 unspecified atom stereocenters. The third-order valence-electron chi connectivity index (χ3n) is 4.27. The van der Waals surface area contributed by atoms with Crippen molar-refractivity contribution in [2.75, 3.05) is 18.0 Å². The van der Waals surface area contributed by atoms with Crippen LogP contribution in [0.15, 0.2) is 24.3 Å². The van der Waals surface area contributed by atoms with Crippen LogP contribution in [0.25, 0.3) is 0 Å². The van der Waals surface area contributed by atoms with Crippen LogP contribution in [0.3, 0.4) is 0 Å². The average Bonchev–Trinajstić information content (AvgIpc) is 2.50. The molecule has 0 bridgehead atoms. The van der Waals surface area contributed by atoms with Crippen molar-refractivity contribution in [3.8, 4) is 0 Å². The van der Waals surface area contributed by atoms with Gasteiger partial charge in [0.2, 0.25) is 0 Å². The lowest BCUT2D eigenvalue weighted by atomic mass is 10.1. The van der Waals surface area contributed by atoms with Gasteiger partial charge in [-0.3, -0.25) is 0 Å². The number of hydrogen-bond acceptors (Lipinski definition) is 1. The summed E-state index contributed by atoms with van der Waals surface area (Å²) in [6.45, 7) is 9.25. The predicted molar refractivity (Wildman–Crippen MR) is 96.3 cm³/mol. The highest BCUT2D eigenvalue weighted by molar-refractivity contribution is 5.52. The third-order valence-corrected chi connectivity index (χ3v) is 4.27. The molecule has 0 radical (unpaired) electrons. The maximum absolute atomic E-state index is 2.62. The average molecular weight is 290 g/mol. The van der Waals surface area contributed by atoms with E-state index in [1.54, 1.807) is 0 Å². The van der Waals surface area contributed by atoms with Crippen LogP contribution in [0.1, 0.15) is 77.2 Å². The standard InChI is InChI=1S/C20H35N/c1-4-6-8-10-14-18-21(17-13-9-7-5-2)20-16-12-11-15-19(20)3/h11-12,15-16H,4-10,13-14,17-18H2,1-3H3. The van der Waals surface area contributed by atoms with Gasteiger partial charge in [0, 0.05) is 18.8 Å². The van der Waals surface area contributed by atoms with Crippen LogP contribution >= 0.6 is 0 Å². The molecule has 0 spiro atoms. The molecule has 0 amide bonds. The van der Waals surface area contributed by atoms with Crippen molar-refractivity contribution in [2.24, 2.45) is 0 Å². The van der Waals surface area contributed by atoms with E-state index in [0.29, 0.717) is 0 Å². The van der Waals surface area contributed by atoms with Crippen molar-refractivity contribution >= 4 is 5.69 Å². The molecule has 0 aliphatic rings. The van der Waals surface area contributed by atoms with Crippen LogP contribution < -0.4 is 4.90 Å². The number of rotatable bonds is 12. The van der Waals surface area contributed by atoms with Gasteiger partial charge in [0.05, 0.1) is 0 Å². The predicted octanol–water partition coefficient (Wildman–Crippen LogP) is 6.35. The zero-order valence-electron chi connectivity index (χ0n) is 14.5. The molecular formula is C20H35N. The Hall–Kier alpha value is -0.980. The van der Waals surface area contributed by atoms with Gasteiger partial charge in [-0.05, 0) is 31.4 Å². The summed E-state index contributed by atoms with van der Waals surface area (Å²) >= 11 is 0. The molecule has 1 nitrogen and oxygen atoms in total. The van der Waals surface area contributed by atoms with Gasteiger partial charge >= 0.3 is 0 Å². The van der Waals surface area contributed by atoms with Crippen LogP contribution in [0, 0.1) is 6.92 Å². The summed E-state index contributed by atoms with van der Waals surface area (Å²) in [6, 6.07) is 8.86. The van der Waals surface area contributed by atoms with E-state index >= 15 is 0 Å². The summed E-state index contributed by atoms with van der Waals surface area (Å²) in [5, 5.41) is 0. The first kappa shape index (κ1) is 18.1. The molecule has 21 heavy (non-hydrogen) atoms. The maximum Gasteiger partial charge on any atom is 0.0395 e. The molecule has 0 aliphatic carbocycles. The highest BCUT2D eigenvalue weighted by Gasteiger charge is 2.08. The van der Waals surface area contributed by atoms with Crippen LogP contribution in [0.4, 0.5) is 5.69 Å². The molecule has 120 valence electrons. The van der Waals surface area contributed by atoms with Gasteiger partial charge in [-0.15, -0.1) is 0 Å². The zero-order valence-corrected chi connectivity index (χ0v) is 14.5. The lowest BCUT2D eigenvalue weighted by Gasteiger charge is -2.26. The van der Waals surface area contributed by atoms with Crippen molar-refractivity contribution in [3.05, 3.63) is 29.8 Å². The highest BCUT2D eigenvalue weighted by Crippen LogP contribution is 2.21. The molecule has 0 atom stereocenters. The minimum absolute atomic E-state index is 1.22. The van der Waals surface area contributed by atoms with E-state index in [9.17, 15) is 0 Å².